The molecule has 106 valence electrons. The van der Waals surface area contributed by atoms with Crippen LogP contribution in [0.3, 0.4) is 0 Å². The van der Waals surface area contributed by atoms with E-state index in [0.717, 1.165) is 12.8 Å². The Bertz CT molecular complexity index is 507. The lowest BCUT2D eigenvalue weighted by molar-refractivity contribution is 0.303. The quantitative estimate of drug-likeness (QED) is 0.924. The topological polar surface area (TPSA) is 46.2 Å². The minimum absolute atomic E-state index is 0.0737. The molecule has 1 atom stereocenters. The molecule has 1 aliphatic carbocycles. The third-order valence-electron chi connectivity index (χ3n) is 3.82. The average molecular weight is 285 g/mol. The van der Waals surface area contributed by atoms with Crippen LogP contribution in [0.5, 0.6) is 0 Å². The predicted octanol–water partition coefficient (Wildman–Crippen LogP) is 3.07. The zero-order valence-electron chi connectivity index (χ0n) is 11.1. The van der Waals surface area contributed by atoms with Crippen molar-refractivity contribution in [2.45, 2.75) is 50.0 Å². The number of hydrogen-bond acceptors (Lipinski definition) is 2. The minimum atomic E-state index is -3.54. The van der Waals surface area contributed by atoms with Gasteiger partial charge in [-0.2, -0.15) is 0 Å². The van der Waals surface area contributed by atoms with Gasteiger partial charge in [0.2, 0.25) is 10.0 Å². The molecule has 0 aliphatic heterocycles. The first kappa shape index (κ1) is 14.5. The summed E-state index contributed by atoms with van der Waals surface area (Å²) >= 11 is 0. The van der Waals surface area contributed by atoms with Crippen LogP contribution < -0.4 is 4.72 Å². The van der Waals surface area contributed by atoms with Gasteiger partial charge in [0.25, 0.3) is 0 Å². The summed E-state index contributed by atoms with van der Waals surface area (Å²) in [6.07, 6.45) is 5.74. The molecule has 0 spiro atoms. The fraction of sp³-hybridized carbons (Fsp3) is 0.571. The normalized spacial score (nSPS) is 19.3. The Morgan fingerprint density at radius 1 is 1.16 bits per heavy atom. The molecule has 2 rings (SSSR count). The largest absolute Gasteiger partial charge is 0.240 e. The SMILES string of the molecule is CC(NS(=O)(=O)c1ccc(F)cc1)C1CCCCC1. The van der Waals surface area contributed by atoms with Gasteiger partial charge in [0, 0.05) is 6.04 Å². The number of nitrogens with one attached hydrogen (secondary N) is 1. The monoisotopic (exact) mass is 285 g/mol. The number of halogens is 1. The van der Waals surface area contributed by atoms with Gasteiger partial charge in [0.05, 0.1) is 4.90 Å². The van der Waals surface area contributed by atoms with E-state index in [1.54, 1.807) is 0 Å². The summed E-state index contributed by atoms with van der Waals surface area (Å²) in [5.41, 5.74) is 0. The lowest BCUT2D eigenvalue weighted by Gasteiger charge is -2.28. The Morgan fingerprint density at radius 3 is 2.32 bits per heavy atom. The number of rotatable bonds is 4. The van der Waals surface area contributed by atoms with E-state index >= 15 is 0 Å². The van der Waals surface area contributed by atoms with E-state index in [9.17, 15) is 12.8 Å². The standard InChI is InChI=1S/C14H20FNO2S/c1-11(12-5-3-2-4-6-12)16-19(17,18)14-9-7-13(15)8-10-14/h7-12,16H,2-6H2,1H3. The molecule has 5 heteroatoms. The minimum Gasteiger partial charge on any atom is -0.208 e. The van der Waals surface area contributed by atoms with E-state index in [-0.39, 0.29) is 10.9 Å². The second-order valence-electron chi connectivity index (χ2n) is 5.26. The van der Waals surface area contributed by atoms with Crippen LogP contribution in [0.4, 0.5) is 4.39 Å². The Morgan fingerprint density at radius 2 is 1.74 bits per heavy atom. The van der Waals surface area contributed by atoms with Crippen LogP contribution in [0.2, 0.25) is 0 Å². The first-order valence-corrected chi connectivity index (χ1v) is 8.25. The molecule has 0 saturated heterocycles. The number of sulfonamides is 1. The fourth-order valence-electron chi connectivity index (χ4n) is 2.66. The maximum absolute atomic E-state index is 12.8. The summed E-state index contributed by atoms with van der Waals surface area (Å²) in [4.78, 5) is 0.122. The molecule has 1 unspecified atom stereocenters. The van der Waals surface area contributed by atoms with Crippen molar-refractivity contribution in [1.82, 2.24) is 4.72 Å². The molecular formula is C14H20FNO2S. The van der Waals surface area contributed by atoms with E-state index in [2.05, 4.69) is 4.72 Å². The Labute approximate surface area is 114 Å². The van der Waals surface area contributed by atoms with Crippen LogP contribution in [0.25, 0.3) is 0 Å². The molecule has 19 heavy (non-hydrogen) atoms. The third kappa shape index (κ3) is 3.76. The van der Waals surface area contributed by atoms with Gasteiger partial charge in [-0.15, -0.1) is 0 Å². The molecule has 0 radical (unpaired) electrons. The van der Waals surface area contributed by atoms with Gasteiger partial charge in [-0.05, 0) is 49.9 Å². The molecular weight excluding hydrogens is 265 g/mol. The van der Waals surface area contributed by atoms with Gasteiger partial charge in [-0.3, -0.25) is 0 Å². The highest BCUT2D eigenvalue weighted by Crippen LogP contribution is 2.27. The van der Waals surface area contributed by atoms with E-state index in [1.165, 1.54) is 43.5 Å². The second-order valence-corrected chi connectivity index (χ2v) is 6.98. The first-order valence-electron chi connectivity index (χ1n) is 6.77. The molecule has 0 heterocycles. The van der Waals surface area contributed by atoms with E-state index in [1.807, 2.05) is 6.92 Å². The van der Waals surface area contributed by atoms with Crippen LogP contribution >= 0.6 is 0 Å². The summed E-state index contributed by atoms with van der Waals surface area (Å²) in [6, 6.07) is 4.85. The predicted molar refractivity (Wildman–Crippen MR) is 72.8 cm³/mol. The molecule has 1 fully saturated rings. The zero-order chi connectivity index (χ0) is 13.9. The lowest BCUT2D eigenvalue weighted by Crippen LogP contribution is -2.38. The molecule has 3 nitrogen and oxygen atoms in total. The Kier molecular flexibility index (Phi) is 4.58. The van der Waals surface area contributed by atoms with E-state index in [4.69, 9.17) is 0 Å². The van der Waals surface area contributed by atoms with Crippen molar-refractivity contribution in [3.63, 3.8) is 0 Å². The highest BCUT2D eigenvalue weighted by Gasteiger charge is 2.25. The number of hydrogen-bond donors (Lipinski definition) is 1. The van der Waals surface area contributed by atoms with Crippen molar-refractivity contribution >= 4 is 10.0 Å². The van der Waals surface area contributed by atoms with E-state index < -0.39 is 15.8 Å². The summed E-state index contributed by atoms with van der Waals surface area (Å²) in [5.74, 6) is -0.0248. The van der Waals surface area contributed by atoms with Crippen LogP contribution in [-0.4, -0.2) is 14.5 Å². The third-order valence-corrected chi connectivity index (χ3v) is 5.40. The highest BCUT2D eigenvalue weighted by atomic mass is 32.2. The second kappa shape index (κ2) is 6.01. The molecule has 1 aromatic carbocycles. The van der Waals surface area contributed by atoms with Crippen molar-refractivity contribution in [1.29, 1.82) is 0 Å². The van der Waals surface area contributed by atoms with Crippen LogP contribution in [0.1, 0.15) is 39.0 Å². The molecule has 1 aromatic rings. The van der Waals surface area contributed by atoms with Crippen LogP contribution in [0.15, 0.2) is 29.2 Å². The zero-order valence-corrected chi connectivity index (χ0v) is 11.9. The Balaban J connectivity index is 2.05. The van der Waals surface area contributed by atoms with Gasteiger partial charge < -0.3 is 0 Å². The van der Waals surface area contributed by atoms with Crippen molar-refractivity contribution < 1.29 is 12.8 Å². The van der Waals surface area contributed by atoms with Gasteiger partial charge in [-0.25, -0.2) is 17.5 Å². The number of benzene rings is 1. The molecule has 0 bridgehead atoms. The van der Waals surface area contributed by atoms with Crippen molar-refractivity contribution in [2.24, 2.45) is 5.92 Å². The maximum atomic E-state index is 12.8. The van der Waals surface area contributed by atoms with Crippen molar-refractivity contribution in [3.8, 4) is 0 Å². The average Bonchev–Trinajstić information content (AvgIpc) is 2.40. The maximum Gasteiger partial charge on any atom is 0.240 e. The van der Waals surface area contributed by atoms with Gasteiger partial charge >= 0.3 is 0 Å². The van der Waals surface area contributed by atoms with Crippen molar-refractivity contribution in [2.75, 3.05) is 0 Å². The summed E-state index contributed by atoms with van der Waals surface area (Å²) in [6.45, 7) is 1.91. The summed E-state index contributed by atoms with van der Waals surface area (Å²) in [7, 11) is -3.54. The summed E-state index contributed by atoms with van der Waals surface area (Å²) < 4.78 is 39.9. The summed E-state index contributed by atoms with van der Waals surface area (Å²) in [5, 5.41) is 0. The molecule has 1 N–H and O–H groups in total. The lowest BCUT2D eigenvalue weighted by atomic mass is 9.85. The molecule has 1 saturated carbocycles. The smallest absolute Gasteiger partial charge is 0.208 e. The molecule has 0 aromatic heterocycles. The fourth-order valence-corrected chi connectivity index (χ4v) is 3.97. The van der Waals surface area contributed by atoms with Crippen molar-refractivity contribution in [3.05, 3.63) is 30.1 Å². The molecule has 0 amide bonds. The van der Waals surface area contributed by atoms with E-state index in [0.29, 0.717) is 5.92 Å². The van der Waals surface area contributed by atoms with Gasteiger partial charge in [0.1, 0.15) is 5.82 Å². The van der Waals surface area contributed by atoms with Crippen LogP contribution in [-0.2, 0) is 10.0 Å². The Hall–Kier alpha value is -0.940. The first-order chi connectivity index (χ1) is 8.99. The highest BCUT2D eigenvalue weighted by molar-refractivity contribution is 7.89. The van der Waals surface area contributed by atoms with Gasteiger partial charge in [0.15, 0.2) is 0 Å². The van der Waals surface area contributed by atoms with Gasteiger partial charge in [-0.1, -0.05) is 19.3 Å². The van der Waals surface area contributed by atoms with Crippen LogP contribution in [0, 0.1) is 11.7 Å². The molecule has 1 aliphatic rings.